The van der Waals surface area contributed by atoms with E-state index in [9.17, 15) is 14.7 Å². The van der Waals surface area contributed by atoms with Crippen molar-refractivity contribution in [2.24, 2.45) is 11.3 Å². The summed E-state index contributed by atoms with van der Waals surface area (Å²) in [5.41, 5.74) is 0.560. The van der Waals surface area contributed by atoms with Crippen molar-refractivity contribution >= 4 is 11.9 Å². The topological polar surface area (TPSA) is 80.0 Å². The van der Waals surface area contributed by atoms with Crippen molar-refractivity contribution in [2.75, 3.05) is 20.2 Å². The maximum absolute atomic E-state index is 12.0. The maximum atomic E-state index is 12.0. The van der Waals surface area contributed by atoms with Gasteiger partial charge in [0.05, 0.1) is 24.6 Å². The molecule has 2 heterocycles. The summed E-state index contributed by atoms with van der Waals surface area (Å²) in [5, 5.41) is 9.72. The second kappa shape index (κ2) is 6.85. The largest absolute Gasteiger partial charge is 0.481 e. The monoisotopic (exact) mass is 369 g/mol. The molecule has 0 radical (unpaired) electrons. The van der Waals surface area contributed by atoms with Gasteiger partial charge in [0.1, 0.15) is 11.5 Å². The minimum absolute atomic E-state index is 0.226. The average molecular weight is 369 g/mol. The molecule has 0 bridgehead atoms. The molecule has 1 N–H and O–H groups in total. The van der Waals surface area contributed by atoms with Crippen LogP contribution < -0.4 is 0 Å². The van der Waals surface area contributed by atoms with Gasteiger partial charge < -0.3 is 14.3 Å². The first-order valence-electron chi connectivity index (χ1n) is 9.26. The van der Waals surface area contributed by atoms with Crippen LogP contribution in [0.25, 0.3) is 11.3 Å². The number of hydrogen-bond donors (Lipinski definition) is 1. The average Bonchev–Trinajstić information content (AvgIpc) is 3.36. The van der Waals surface area contributed by atoms with Crippen LogP contribution in [0.4, 0.5) is 0 Å². The number of carbonyl (C=O) groups excluding carboxylic acids is 1. The molecule has 142 valence electrons. The molecule has 4 rings (SSSR count). The highest BCUT2D eigenvalue weighted by Gasteiger charge is 2.54. The summed E-state index contributed by atoms with van der Waals surface area (Å²) in [6.45, 7) is 1.94. The zero-order valence-electron chi connectivity index (χ0n) is 15.3. The number of carboxylic acid groups (broad SMARTS) is 1. The molecule has 1 aromatic carbocycles. The second-order valence-electron chi connectivity index (χ2n) is 7.52. The van der Waals surface area contributed by atoms with Gasteiger partial charge in [-0.1, -0.05) is 24.6 Å². The van der Waals surface area contributed by atoms with Crippen molar-refractivity contribution in [1.29, 1.82) is 0 Å². The number of furan rings is 1. The van der Waals surface area contributed by atoms with Gasteiger partial charge in [0.25, 0.3) is 0 Å². The Morgan fingerprint density at radius 2 is 2.11 bits per heavy atom. The van der Waals surface area contributed by atoms with E-state index in [1.807, 2.05) is 24.3 Å². The van der Waals surface area contributed by atoms with Crippen LogP contribution in [0.1, 0.15) is 35.4 Å². The number of fused-ring (bicyclic) bond motifs is 1. The van der Waals surface area contributed by atoms with Gasteiger partial charge in [0.2, 0.25) is 0 Å². The predicted octanol–water partition coefficient (Wildman–Crippen LogP) is 3.42. The molecule has 2 aromatic rings. The number of esters is 1. The lowest BCUT2D eigenvalue weighted by molar-refractivity contribution is -0.149. The first-order valence-corrected chi connectivity index (χ1v) is 9.26. The Morgan fingerprint density at radius 3 is 2.85 bits per heavy atom. The van der Waals surface area contributed by atoms with E-state index in [1.165, 1.54) is 7.11 Å². The van der Waals surface area contributed by atoms with E-state index < -0.39 is 17.4 Å². The number of aliphatic carboxylic acids is 1. The summed E-state index contributed by atoms with van der Waals surface area (Å²) in [6.07, 6.45) is 2.75. The molecule has 2 fully saturated rings. The van der Waals surface area contributed by atoms with Gasteiger partial charge >= 0.3 is 11.9 Å². The number of carboxylic acids is 1. The fraction of sp³-hybridized carbons (Fsp3) is 0.429. The van der Waals surface area contributed by atoms with Crippen molar-refractivity contribution in [2.45, 2.75) is 25.8 Å². The van der Waals surface area contributed by atoms with E-state index in [-0.39, 0.29) is 5.92 Å². The molecule has 1 saturated carbocycles. The molecule has 2 atom stereocenters. The van der Waals surface area contributed by atoms with Crippen molar-refractivity contribution in [3.63, 3.8) is 0 Å². The van der Waals surface area contributed by atoms with Gasteiger partial charge in [-0.3, -0.25) is 9.69 Å². The number of rotatable bonds is 5. The summed E-state index contributed by atoms with van der Waals surface area (Å²) in [5.74, 6) is 0.534. The second-order valence-corrected chi connectivity index (χ2v) is 7.52. The number of nitrogens with zero attached hydrogens (tertiary/aromatic N) is 1. The molecule has 0 spiro atoms. The van der Waals surface area contributed by atoms with Crippen LogP contribution in [0.5, 0.6) is 0 Å². The van der Waals surface area contributed by atoms with E-state index in [4.69, 9.17) is 9.15 Å². The van der Waals surface area contributed by atoms with Gasteiger partial charge in [0.15, 0.2) is 0 Å². The Labute approximate surface area is 157 Å². The Hall–Kier alpha value is -2.60. The summed E-state index contributed by atoms with van der Waals surface area (Å²) >= 11 is 0. The van der Waals surface area contributed by atoms with Crippen LogP contribution in [0, 0.1) is 11.3 Å². The molecule has 0 amide bonds. The summed E-state index contributed by atoms with van der Waals surface area (Å²) in [7, 11) is 1.36. The number of likely N-dealkylation sites (tertiary alicyclic amines) is 1. The van der Waals surface area contributed by atoms with E-state index >= 15 is 0 Å². The van der Waals surface area contributed by atoms with Crippen molar-refractivity contribution in [3.05, 3.63) is 47.7 Å². The number of hydrogen-bond acceptors (Lipinski definition) is 5. The van der Waals surface area contributed by atoms with Gasteiger partial charge in [-0.25, -0.2) is 4.79 Å². The fourth-order valence-corrected chi connectivity index (χ4v) is 4.68. The van der Waals surface area contributed by atoms with Crippen LogP contribution >= 0.6 is 0 Å². The van der Waals surface area contributed by atoms with Crippen LogP contribution in [0.3, 0.4) is 0 Å². The number of benzene rings is 1. The van der Waals surface area contributed by atoms with Gasteiger partial charge in [0, 0.05) is 18.7 Å². The van der Waals surface area contributed by atoms with Crippen LogP contribution in [0.15, 0.2) is 40.8 Å². The predicted molar refractivity (Wildman–Crippen MR) is 98.2 cm³/mol. The molecule has 1 aromatic heterocycles. The van der Waals surface area contributed by atoms with Crippen molar-refractivity contribution < 1.29 is 23.8 Å². The van der Waals surface area contributed by atoms with Gasteiger partial charge in [-0.05, 0) is 37.0 Å². The Morgan fingerprint density at radius 1 is 1.30 bits per heavy atom. The lowest BCUT2D eigenvalue weighted by Gasteiger charge is -2.23. The first-order chi connectivity index (χ1) is 13.0. The highest BCUT2D eigenvalue weighted by Crippen LogP contribution is 2.49. The summed E-state index contributed by atoms with van der Waals surface area (Å²) < 4.78 is 10.8. The number of carbonyl (C=O) groups is 2. The molecule has 2 aliphatic rings. The highest BCUT2D eigenvalue weighted by atomic mass is 16.5. The lowest BCUT2D eigenvalue weighted by atomic mass is 9.81. The third kappa shape index (κ3) is 3.04. The number of methoxy groups -OCH3 is 1. The summed E-state index contributed by atoms with van der Waals surface area (Å²) in [6, 6.07) is 10.9. The molecule has 27 heavy (non-hydrogen) atoms. The quantitative estimate of drug-likeness (QED) is 0.814. The minimum Gasteiger partial charge on any atom is -0.481 e. The van der Waals surface area contributed by atoms with Crippen LogP contribution in [-0.2, 0) is 16.1 Å². The number of ether oxygens (including phenoxy) is 1. The van der Waals surface area contributed by atoms with Crippen molar-refractivity contribution in [1.82, 2.24) is 4.90 Å². The molecular weight excluding hydrogens is 346 g/mol. The van der Waals surface area contributed by atoms with E-state index in [0.29, 0.717) is 30.0 Å². The standard InChI is InChI=1S/C21H23NO5/c1-26-19(23)17-7-3-2-6-16(17)18-9-8-15(27-18)12-22-11-14-5-4-10-21(14,13-22)20(24)25/h2-3,6-9,14H,4-5,10-13H2,1H3,(H,24,25)/t14-,21+/m0/s1. The molecule has 1 saturated heterocycles. The Balaban J connectivity index is 1.52. The third-order valence-corrected chi connectivity index (χ3v) is 6.01. The van der Waals surface area contributed by atoms with Crippen LogP contribution in [0.2, 0.25) is 0 Å². The molecule has 6 nitrogen and oxygen atoms in total. The summed E-state index contributed by atoms with van der Waals surface area (Å²) in [4.78, 5) is 26.0. The lowest BCUT2D eigenvalue weighted by Crippen LogP contribution is -2.35. The van der Waals surface area contributed by atoms with E-state index in [1.54, 1.807) is 12.1 Å². The maximum Gasteiger partial charge on any atom is 0.338 e. The highest BCUT2D eigenvalue weighted by molar-refractivity contribution is 5.96. The Bertz CT molecular complexity index is 873. The van der Waals surface area contributed by atoms with E-state index in [0.717, 1.165) is 31.6 Å². The molecule has 1 aliphatic heterocycles. The first kappa shape index (κ1) is 17.8. The molecule has 6 heteroatoms. The smallest absolute Gasteiger partial charge is 0.338 e. The normalized spacial score (nSPS) is 24.7. The third-order valence-electron chi connectivity index (χ3n) is 6.01. The minimum atomic E-state index is -0.667. The Kier molecular flexibility index (Phi) is 4.52. The molecule has 0 unspecified atom stereocenters. The SMILES string of the molecule is COC(=O)c1ccccc1-c1ccc(CN2C[C@@H]3CCC[C@@]3(C(=O)O)C2)o1. The van der Waals surface area contributed by atoms with Gasteiger partial charge in [-0.15, -0.1) is 0 Å². The fourth-order valence-electron chi connectivity index (χ4n) is 4.68. The zero-order chi connectivity index (χ0) is 19.0. The van der Waals surface area contributed by atoms with Crippen molar-refractivity contribution in [3.8, 4) is 11.3 Å². The van der Waals surface area contributed by atoms with E-state index in [2.05, 4.69) is 4.90 Å². The zero-order valence-corrected chi connectivity index (χ0v) is 15.3. The van der Waals surface area contributed by atoms with Crippen LogP contribution in [-0.4, -0.2) is 42.1 Å². The van der Waals surface area contributed by atoms with Gasteiger partial charge in [-0.2, -0.15) is 0 Å². The molecular formula is C21H23NO5. The molecule has 1 aliphatic carbocycles.